The average molecular weight is 249 g/mol. The molecule has 1 fully saturated rings. The summed E-state index contributed by atoms with van der Waals surface area (Å²) in [5.41, 5.74) is 2.43. The Morgan fingerprint density at radius 3 is 3.06 bits per heavy atom. The van der Waals surface area contributed by atoms with E-state index in [1.165, 1.54) is 31.4 Å². The van der Waals surface area contributed by atoms with Crippen LogP contribution in [-0.2, 0) is 0 Å². The molecule has 0 aliphatic heterocycles. The van der Waals surface area contributed by atoms with Crippen molar-refractivity contribution in [3.8, 4) is 0 Å². The van der Waals surface area contributed by atoms with Gasteiger partial charge in [-0.2, -0.15) is 0 Å². The van der Waals surface area contributed by atoms with E-state index >= 15 is 0 Å². The van der Waals surface area contributed by atoms with E-state index in [2.05, 4.69) is 22.4 Å². The van der Waals surface area contributed by atoms with Gasteiger partial charge in [-0.3, -0.25) is 0 Å². The molecule has 3 rings (SSSR count). The van der Waals surface area contributed by atoms with E-state index in [-0.39, 0.29) is 0 Å². The second kappa shape index (κ2) is 4.34. The van der Waals surface area contributed by atoms with Crippen molar-refractivity contribution in [1.29, 1.82) is 0 Å². The number of nitrogens with zero attached hydrogens (tertiary/aromatic N) is 2. The van der Waals surface area contributed by atoms with Gasteiger partial charge in [0.25, 0.3) is 0 Å². The van der Waals surface area contributed by atoms with E-state index < -0.39 is 0 Å². The molecule has 2 atom stereocenters. The first-order valence-corrected chi connectivity index (χ1v) is 6.73. The van der Waals surface area contributed by atoms with Crippen molar-refractivity contribution in [3.63, 3.8) is 0 Å². The van der Waals surface area contributed by atoms with Crippen molar-refractivity contribution in [2.75, 3.05) is 0 Å². The van der Waals surface area contributed by atoms with Gasteiger partial charge in [0, 0.05) is 10.7 Å². The predicted molar refractivity (Wildman–Crippen MR) is 70.6 cm³/mol. The van der Waals surface area contributed by atoms with Crippen molar-refractivity contribution in [3.05, 3.63) is 35.4 Å². The second-order valence-corrected chi connectivity index (χ2v) is 5.69. The van der Waals surface area contributed by atoms with Crippen LogP contribution in [0.4, 0.5) is 0 Å². The minimum Gasteiger partial charge on any atom is -0.303 e. The van der Waals surface area contributed by atoms with Crippen LogP contribution in [0.5, 0.6) is 0 Å². The molecule has 2 heterocycles. The van der Waals surface area contributed by atoms with Gasteiger partial charge in [-0.25, -0.2) is 4.98 Å². The van der Waals surface area contributed by atoms with Gasteiger partial charge in [0.2, 0.25) is 0 Å². The van der Waals surface area contributed by atoms with Crippen LogP contribution in [0.1, 0.15) is 44.2 Å². The maximum Gasteiger partial charge on any atom is 0.0994 e. The third kappa shape index (κ3) is 2.06. The topological polar surface area (TPSA) is 17.3 Å². The summed E-state index contributed by atoms with van der Waals surface area (Å²) < 4.78 is 2.19. The molecule has 0 radical (unpaired) electrons. The summed E-state index contributed by atoms with van der Waals surface area (Å²) >= 11 is 6.20. The number of fused-ring (bicyclic) bond motifs is 1. The fourth-order valence-electron chi connectivity index (χ4n) is 3.04. The Morgan fingerprint density at radius 1 is 1.35 bits per heavy atom. The Morgan fingerprint density at radius 2 is 2.24 bits per heavy atom. The van der Waals surface area contributed by atoms with Gasteiger partial charge >= 0.3 is 0 Å². The molecule has 2 nitrogen and oxygen atoms in total. The molecule has 3 heteroatoms. The third-order valence-electron chi connectivity index (χ3n) is 3.87. The number of imidazole rings is 1. The lowest BCUT2D eigenvalue weighted by atomic mass is 9.80. The Kier molecular flexibility index (Phi) is 2.83. The lowest BCUT2D eigenvalue weighted by Gasteiger charge is -2.27. The van der Waals surface area contributed by atoms with Crippen LogP contribution < -0.4 is 0 Å². The lowest BCUT2D eigenvalue weighted by Crippen LogP contribution is -2.14. The Balaban J connectivity index is 2.06. The number of pyridine rings is 1. The SMILES string of the molecule is CC1CCCC(c2cc(Cl)cc3cncn23)C1. The Labute approximate surface area is 107 Å². The molecule has 17 heavy (non-hydrogen) atoms. The molecule has 1 aliphatic carbocycles. The van der Waals surface area contributed by atoms with Crippen molar-refractivity contribution in [2.45, 2.75) is 38.5 Å². The minimum atomic E-state index is 0.633. The Bertz CT molecular complexity index is 532. The van der Waals surface area contributed by atoms with Gasteiger partial charge < -0.3 is 4.40 Å². The molecule has 1 saturated carbocycles. The number of halogens is 1. The smallest absolute Gasteiger partial charge is 0.0994 e. The van der Waals surface area contributed by atoms with Crippen LogP contribution in [-0.4, -0.2) is 9.38 Å². The normalized spacial score (nSPS) is 25.3. The number of rotatable bonds is 1. The summed E-state index contributed by atoms with van der Waals surface area (Å²) in [7, 11) is 0. The zero-order valence-corrected chi connectivity index (χ0v) is 10.8. The van der Waals surface area contributed by atoms with E-state index in [0.29, 0.717) is 5.92 Å². The maximum absolute atomic E-state index is 6.20. The van der Waals surface area contributed by atoms with Gasteiger partial charge in [0.15, 0.2) is 0 Å². The second-order valence-electron chi connectivity index (χ2n) is 5.26. The highest BCUT2D eigenvalue weighted by atomic mass is 35.5. The quantitative estimate of drug-likeness (QED) is 0.736. The zero-order valence-electron chi connectivity index (χ0n) is 10.1. The van der Waals surface area contributed by atoms with Crippen molar-refractivity contribution < 1.29 is 0 Å². The van der Waals surface area contributed by atoms with Crippen LogP contribution in [0.2, 0.25) is 5.02 Å². The molecule has 0 saturated heterocycles. The van der Waals surface area contributed by atoms with Gasteiger partial charge in [0.1, 0.15) is 0 Å². The highest BCUT2D eigenvalue weighted by molar-refractivity contribution is 6.31. The van der Waals surface area contributed by atoms with Crippen LogP contribution in [0, 0.1) is 5.92 Å². The van der Waals surface area contributed by atoms with Crippen LogP contribution in [0.15, 0.2) is 24.7 Å². The van der Waals surface area contributed by atoms with E-state index in [1.807, 2.05) is 18.6 Å². The standard InChI is InChI=1S/C14H17ClN2/c1-10-3-2-4-11(5-10)14-7-12(15)6-13-8-16-9-17(13)14/h6-11H,2-5H2,1H3. The molecule has 0 N–H and O–H groups in total. The fraction of sp³-hybridized carbons (Fsp3) is 0.500. The molecular weight excluding hydrogens is 232 g/mol. The summed E-state index contributed by atoms with van der Waals surface area (Å²) in [5.74, 6) is 1.46. The molecule has 0 aromatic carbocycles. The molecule has 90 valence electrons. The molecule has 2 unspecified atom stereocenters. The summed E-state index contributed by atoms with van der Waals surface area (Å²) in [6.45, 7) is 2.35. The van der Waals surface area contributed by atoms with E-state index in [1.54, 1.807) is 0 Å². The summed E-state index contributed by atoms with van der Waals surface area (Å²) in [6.07, 6.45) is 9.02. The largest absolute Gasteiger partial charge is 0.303 e. The number of hydrogen-bond acceptors (Lipinski definition) is 1. The summed E-state index contributed by atoms with van der Waals surface area (Å²) in [5, 5.41) is 0.825. The van der Waals surface area contributed by atoms with Gasteiger partial charge in [-0.15, -0.1) is 0 Å². The van der Waals surface area contributed by atoms with Crippen LogP contribution in [0.25, 0.3) is 5.52 Å². The molecular formula is C14H17ClN2. The highest BCUT2D eigenvalue weighted by Crippen LogP contribution is 2.36. The molecule has 0 bridgehead atoms. The van der Waals surface area contributed by atoms with E-state index in [0.717, 1.165) is 16.5 Å². The van der Waals surface area contributed by atoms with Crippen molar-refractivity contribution in [2.24, 2.45) is 5.92 Å². The van der Waals surface area contributed by atoms with E-state index in [4.69, 9.17) is 11.6 Å². The zero-order chi connectivity index (χ0) is 11.8. The van der Waals surface area contributed by atoms with E-state index in [9.17, 15) is 0 Å². The Hall–Kier alpha value is -1.02. The monoisotopic (exact) mass is 248 g/mol. The minimum absolute atomic E-state index is 0.633. The maximum atomic E-state index is 6.20. The van der Waals surface area contributed by atoms with Crippen LogP contribution >= 0.6 is 11.6 Å². The first kappa shape index (κ1) is 11.1. The third-order valence-corrected chi connectivity index (χ3v) is 4.09. The van der Waals surface area contributed by atoms with Gasteiger partial charge in [-0.05, 0) is 36.8 Å². The first-order valence-electron chi connectivity index (χ1n) is 6.35. The lowest BCUT2D eigenvalue weighted by molar-refractivity contribution is 0.338. The molecule has 0 amide bonds. The van der Waals surface area contributed by atoms with Crippen molar-refractivity contribution in [1.82, 2.24) is 9.38 Å². The van der Waals surface area contributed by atoms with Crippen LogP contribution in [0.3, 0.4) is 0 Å². The highest BCUT2D eigenvalue weighted by Gasteiger charge is 2.22. The summed E-state index contributed by atoms with van der Waals surface area (Å²) in [6, 6.07) is 4.09. The fourth-order valence-corrected chi connectivity index (χ4v) is 3.26. The molecule has 1 aliphatic rings. The average Bonchev–Trinajstić information content (AvgIpc) is 2.75. The first-order chi connectivity index (χ1) is 8.24. The predicted octanol–water partition coefficient (Wildman–Crippen LogP) is 4.28. The van der Waals surface area contributed by atoms with Gasteiger partial charge in [0.05, 0.1) is 18.0 Å². The molecule has 0 spiro atoms. The summed E-state index contributed by atoms with van der Waals surface area (Å²) in [4.78, 5) is 4.22. The van der Waals surface area contributed by atoms with Crippen molar-refractivity contribution >= 4 is 17.1 Å². The number of aromatic nitrogens is 2. The van der Waals surface area contributed by atoms with Gasteiger partial charge in [-0.1, -0.05) is 31.4 Å². The molecule has 2 aromatic rings. The number of hydrogen-bond donors (Lipinski definition) is 0. The molecule has 2 aromatic heterocycles.